The van der Waals surface area contributed by atoms with E-state index in [1.165, 1.54) is 6.07 Å². The molecule has 1 aromatic carbocycles. The highest BCUT2D eigenvalue weighted by atomic mass is 35.5. The average Bonchev–Trinajstić information content (AvgIpc) is 2.17. The highest BCUT2D eigenvalue weighted by Gasteiger charge is 2.08. The third-order valence-corrected chi connectivity index (χ3v) is 2.03. The summed E-state index contributed by atoms with van der Waals surface area (Å²) >= 11 is 5.47. The van der Waals surface area contributed by atoms with Crippen molar-refractivity contribution in [2.45, 2.75) is 13.3 Å². The first-order valence-corrected chi connectivity index (χ1v) is 4.98. The van der Waals surface area contributed by atoms with Gasteiger partial charge in [0.2, 0.25) is 0 Å². The Kier molecular flexibility index (Phi) is 4.14. The number of alkyl halides is 1. The van der Waals surface area contributed by atoms with Crippen molar-refractivity contribution in [1.82, 2.24) is 0 Å². The molecule has 0 spiro atoms. The lowest BCUT2D eigenvalue weighted by Crippen LogP contribution is -1.91. The second-order valence-corrected chi connectivity index (χ2v) is 3.38. The molecule has 1 rings (SSSR count). The fraction of sp³-hybridized carbons (Fsp3) is 0.273. The summed E-state index contributed by atoms with van der Waals surface area (Å²) in [7, 11) is 0. The van der Waals surface area contributed by atoms with Gasteiger partial charge in [0.25, 0.3) is 5.69 Å². The molecule has 0 amide bonds. The molecule has 0 bridgehead atoms. The maximum absolute atomic E-state index is 10.5. The van der Waals surface area contributed by atoms with Gasteiger partial charge in [-0.15, -0.1) is 11.6 Å². The molecule has 3 nitrogen and oxygen atoms in total. The minimum absolute atomic E-state index is 0.123. The molecule has 0 radical (unpaired) electrons. The van der Waals surface area contributed by atoms with E-state index in [1.807, 2.05) is 0 Å². The highest BCUT2D eigenvalue weighted by Crippen LogP contribution is 2.18. The third-order valence-electron chi connectivity index (χ3n) is 1.85. The molecule has 0 N–H and O–H groups in total. The number of nitrogens with zero attached hydrogens (tertiary/aromatic N) is 1. The summed E-state index contributed by atoms with van der Waals surface area (Å²) in [4.78, 5) is 10.1. The van der Waals surface area contributed by atoms with Gasteiger partial charge in [0, 0.05) is 29.5 Å². The van der Waals surface area contributed by atoms with Crippen LogP contribution >= 0.6 is 11.6 Å². The van der Waals surface area contributed by atoms with Crippen LogP contribution in [0, 0.1) is 28.9 Å². The SMILES string of the molecule is Cc1cc(C#CCCCl)ccc1[N+](=O)[O-]. The molecule has 0 aliphatic heterocycles. The summed E-state index contributed by atoms with van der Waals surface area (Å²) in [5, 5.41) is 10.5. The first kappa shape index (κ1) is 11.5. The van der Waals surface area contributed by atoms with Gasteiger partial charge in [-0.3, -0.25) is 10.1 Å². The lowest BCUT2D eigenvalue weighted by molar-refractivity contribution is -0.385. The second kappa shape index (κ2) is 5.38. The average molecular weight is 224 g/mol. The number of hydrogen-bond acceptors (Lipinski definition) is 2. The minimum atomic E-state index is -0.398. The van der Waals surface area contributed by atoms with Crippen LogP contribution in [0.4, 0.5) is 5.69 Å². The Bertz CT molecular complexity index is 432. The first-order chi connectivity index (χ1) is 7.15. The molecule has 0 heterocycles. The molecule has 0 aliphatic rings. The summed E-state index contributed by atoms with van der Waals surface area (Å²) in [6, 6.07) is 4.83. The van der Waals surface area contributed by atoms with E-state index in [0.717, 1.165) is 5.56 Å². The highest BCUT2D eigenvalue weighted by molar-refractivity contribution is 6.18. The van der Waals surface area contributed by atoms with Crippen LogP contribution in [0.5, 0.6) is 0 Å². The molecule has 0 unspecified atom stereocenters. The van der Waals surface area contributed by atoms with Crippen molar-refractivity contribution in [3.63, 3.8) is 0 Å². The number of aryl methyl sites for hydroxylation is 1. The Balaban J connectivity index is 2.93. The summed E-state index contributed by atoms with van der Waals surface area (Å²) in [6.45, 7) is 1.70. The zero-order valence-corrected chi connectivity index (χ0v) is 9.04. The van der Waals surface area contributed by atoms with Gasteiger partial charge in [-0.1, -0.05) is 11.8 Å². The number of rotatable bonds is 2. The maximum Gasteiger partial charge on any atom is 0.272 e. The van der Waals surface area contributed by atoms with Gasteiger partial charge in [-0.25, -0.2) is 0 Å². The number of halogens is 1. The maximum atomic E-state index is 10.5. The number of benzene rings is 1. The zero-order chi connectivity index (χ0) is 11.3. The molecule has 0 aliphatic carbocycles. The van der Waals surface area contributed by atoms with Crippen LogP contribution in [0.1, 0.15) is 17.5 Å². The van der Waals surface area contributed by atoms with Gasteiger partial charge in [-0.2, -0.15) is 0 Å². The van der Waals surface area contributed by atoms with Crippen molar-refractivity contribution in [1.29, 1.82) is 0 Å². The molecule has 0 aromatic heterocycles. The fourth-order valence-electron chi connectivity index (χ4n) is 1.15. The number of hydrogen-bond donors (Lipinski definition) is 0. The summed E-state index contributed by atoms with van der Waals surface area (Å²) in [5.74, 6) is 6.27. The summed E-state index contributed by atoms with van der Waals surface area (Å²) in [5.41, 5.74) is 1.53. The molecule has 0 saturated heterocycles. The Morgan fingerprint density at radius 3 is 2.80 bits per heavy atom. The Labute approximate surface area is 93.2 Å². The van der Waals surface area contributed by atoms with E-state index in [1.54, 1.807) is 19.1 Å². The normalized spacial score (nSPS) is 9.20. The largest absolute Gasteiger partial charge is 0.272 e. The van der Waals surface area contributed by atoms with E-state index in [-0.39, 0.29) is 5.69 Å². The predicted molar refractivity (Wildman–Crippen MR) is 60.0 cm³/mol. The molecule has 1 aromatic rings. The van der Waals surface area contributed by atoms with Crippen molar-refractivity contribution < 1.29 is 4.92 Å². The number of nitro groups is 1. The van der Waals surface area contributed by atoms with E-state index in [9.17, 15) is 10.1 Å². The van der Waals surface area contributed by atoms with E-state index < -0.39 is 4.92 Å². The van der Waals surface area contributed by atoms with Gasteiger partial charge >= 0.3 is 0 Å². The minimum Gasteiger partial charge on any atom is -0.258 e. The molecule has 0 saturated carbocycles. The second-order valence-electron chi connectivity index (χ2n) is 3.00. The standard InChI is InChI=1S/C11H10ClNO2/c1-9-8-10(4-2-3-7-12)5-6-11(9)13(14)15/h5-6,8H,3,7H2,1H3. The van der Waals surface area contributed by atoms with E-state index >= 15 is 0 Å². The van der Waals surface area contributed by atoms with Gasteiger partial charge in [-0.05, 0) is 19.1 Å². The first-order valence-electron chi connectivity index (χ1n) is 4.45. The quantitative estimate of drug-likeness (QED) is 0.335. The van der Waals surface area contributed by atoms with E-state index in [4.69, 9.17) is 11.6 Å². The third kappa shape index (κ3) is 3.26. The van der Waals surface area contributed by atoms with Crippen molar-refractivity contribution in [3.8, 4) is 11.8 Å². The zero-order valence-electron chi connectivity index (χ0n) is 8.29. The van der Waals surface area contributed by atoms with Crippen LogP contribution in [0.25, 0.3) is 0 Å². The molecule has 0 atom stereocenters. The van der Waals surface area contributed by atoms with Gasteiger partial charge in [0.1, 0.15) is 0 Å². The molecular weight excluding hydrogens is 214 g/mol. The van der Waals surface area contributed by atoms with Crippen LogP contribution in [0.3, 0.4) is 0 Å². The van der Waals surface area contributed by atoms with Crippen LogP contribution in [-0.2, 0) is 0 Å². The Morgan fingerprint density at radius 2 is 2.27 bits per heavy atom. The number of nitro benzene ring substituents is 1. The Morgan fingerprint density at radius 1 is 1.53 bits per heavy atom. The van der Waals surface area contributed by atoms with E-state index in [0.29, 0.717) is 17.9 Å². The molecule has 15 heavy (non-hydrogen) atoms. The molecular formula is C11H10ClNO2. The summed E-state index contributed by atoms with van der Waals surface area (Å²) in [6.07, 6.45) is 0.623. The van der Waals surface area contributed by atoms with Gasteiger partial charge in [0.05, 0.1) is 4.92 Å². The fourth-order valence-corrected chi connectivity index (χ4v) is 1.24. The van der Waals surface area contributed by atoms with Crippen molar-refractivity contribution >= 4 is 17.3 Å². The van der Waals surface area contributed by atoms with Crippen molar-refractivity contribution in [2.75, 3.05) is 5.88 Å². The molecule has 0 fully saturated rings. The van der Waals surface area contributed by atoms with Gasteiger partial charge < -0.3 is 0 Å². The smallest absolute Gasteiger partial charge is 0.258 e. The molecule has 4 heteroatoms. The monoisotopic (exact) mass is 223 g/mol. The summed E-state index contributed by atoms with van der Waals surface area (Å²) < 4.78 is 0. The van der Waals surface area contributed by atoms with Crippen molar-refractivity contribution in [3.05, 3.63) is 39.4 Å². The lowest BCUT2D eigenvalue weighted by Gasteiger charge is -1.96. The molecule has 78 valence electrons. The lowest BCUT2D eigenvalue weighted by atomic mass is 10.1. The van der Waals surface area contributed by atoms with Crippen LogP contribution in [0.15, 0.2) is 18.2 Å². The van der Waals surface area contributed by atoms with Crippen LogP contribution in [-0.4, -0.2) is 10.8 Å². The topological polar surface area (TPSA) is 43.1 Å². The Hall–Kier alpha value is -1.53. The van der Waals surface area contributed by atoms with Gasteiger partial charge in [0.15, 0.2) is 0 Å². The van der Waals surface area contributed by atoms with Crippen LogP contribution in [0.2, 0.25) is 0 Å². The predicted octanol–water partition coefficient (Wildman–Crippen LogP) is 2.88. The van der Waals surface area contributed by atoms with E-state index in [2.05, 4.69) is 11.8 Å². The van der Waals surface area contributed by atoms with Crippen LogP contribution < -0.4 is 0 Å². The van der Waals surface area contributed by atoms with Crippen molar-refractivity contribution in [2.24, 2.45) is 0 Å².